The molecule has 74 valence electrons. The topological polar surface area (TPSA) is 44.9 Å². The van der Waals surface area contributed by atoms with Gasteiger partial charge >= 0.3 is 0 Å². The summed E-state index contributed by atoms with van der Waals surface area (Å²) in [7, 11) is 0. The SMILES string of the molecule is CC(C)[NH+](CC(O)CO)C(C)C. The predicted octanol–water partition coefficient (Wildman–Crippen LogP) is -0.959. The van der Waals surface area contributed by atoms with Gasteiger partial charge < -0.3 is 15.1 Å². The minimum absolute atomic E-state index is 0.136. The van der Waals surface area contributed by atoms with Gasteiger partial charge in [0, 0.05) is 0 Å². The highest BCUT2D eigenvalue weighted by Crippen LogP contribution is 1.80. The standard InChI is InChI=1S/C9H21NO2/c1-7(2)10(8(3)4)5-9(12)6-11/h7-9,11-12H,5-6H2,1-4H3/p+1. The molecule has 0 aliphatic carbocycles. The van der Waals surface area contributed by atoms with E-state index in [2.05, 4.69) is 27.7 Å². The van der Waals surface area contributed by atoms with Crippen LogP contribution in [0.15, 0.2) is 0 Å². The molecule has 0 amide bonds. The van der Waals surface area contributed by atoms with Crippen LogP contribution in [0, 0.1) is 0 Å². The molecule has 12 heavy (non-hydrogen) atoms. The summed E-state index contributed by atoms with van der Waals surface area (Å²) >= 11 is 0. The van der Waals surface area contributed by atoms with Gasteiger partial charge in [0.1, 0.15) is 12.6 Å². The molecule has 0 spiro atoms. The van der Waals surface area contributed by atoms with Crippen LogP contribution in [-0.4, -0.2) is 41.6 Å². The van der Waals surface area contributed by atoms with Crippen molar-refractivity contribution in [1.29, 1.82) is 0 Å². The Morgan fingerprint density at radius 2 is 1.50 bits per heavy atom. The van der Waals surface area contributed by atoms with Gasteiger partial charge in [-0.15, -0.1) is 0 Å². The summed E-state index contributed by atoms with van der Waals surface area (Å²) in [6.45, 7) is 8.99. The highest BCUT2D eigenvalue weighted by Gasteiger charge is 2.20. The Labute approximate surface area is 75.0 Å². The van der Waals surface area contributed by atoms with Crippen LogP contribution < -0.4 is 4.90 Å². The third kappa shape index (κ3) is 4.04. The van der Waals surface area contributed by atoms with Crippen molar-refractivity contribution in [3.8, 4) is 0 Å². The van der Waals surface area contributed by atoms with Crippen LogP contribution in [0.3, 0.4) is 0 Å². The largest absolute Gasteiger partial charge is 0.393 e. The van der Waals surface area contributed by atoms with Crippen molar-refractivity contribution in [1.82, 2.24) is 0 Å². The molecule has 0 bridgehead atoms. The molecular formula is C9H22NO2+. The number of hydrogen-bond acceptors (Lipinski definition) is 2. The maximum atomic E-state index is 9.26. The monoisotopic (exact) mass is 176 g/mol. The molecule has 1 atom stereocenters. The number of nitrogens with one attached hydrogen (secondary N) is 1. The van der Waals surface area contributed by atoms with Gasteiger partial charge in [0.25, 0.3) is 0 Å². The molecule has 3 nitrogen and oxygen atoms in total. The molecular weight excluding hydrogens is 154 g/mol. The van der Waals surface area contributed by atoms with E-state index in [0.717, 1.165) is 0 Å². The van der Waals surface area contributed by atoms with E-state index in [1.165, 1.54) is 4.90 Å². The maximum absolute atomic E-state index is 9.26. The summed E-state index contributed by atoms with van der Waals surface area (Å²) in [5.41, 5.74) is 0. The van der Waals surface area contributed by atoms with Crippen molar-refractivity contribution in [2.75, 3.05) is 13.2 Å². The zero-order valence-corrected chi connectivity index (χ0v) is 8.54. The van der Waals surface area contributed by atoms with E-state index in [-0.39, 0.29) is 6.61 Å². The second-order valence-corrected chi connectivity index (χ2v) is 3.92. The van der Waals surface area contributed by atoms with Gasteiger partial charge in [-0.25, -0.2) is 0 Å². The molecule has 0 saturated carbocycles. The Bertz CT molecular complexity index is 107. The second-order valence-electron chi connectivity index (χ2n) is 3.92. The highest BCUT2D eigenvalue weighted by atomic mass is 16.3. The number of quaternary nitrogens is 1. The van der Waals surface area contributed by atoms with Gasteiger partial charge in [-0.3, -0.25) is 0 Å². The molecule has 1 unspecified atom stereocenters. The second kappa shape index (κ2) is 5.51. The van der Waals surface area contributed by atoms with E-state index < -0.39 is 6.10 Å². The first kappa shape index (κ1) is 11.9. The van der Waals surface area contributed by atoms with Crippen LogP contribution in [0.1, 0.15) is 27.7 Å². The van der Waals surface area contributed by atoms with E-state index in [4.69, 9.17) is 5.11 Å². The fraction of sp³-hybridized carbons (Fsp3) is 1.00. The smallest absolute Gasteiger partial charge is 0.126 e. The fourth-order valence-corrected chi connectivity index (χ4v) is 1.47. The number of rotatable bonds is 5. The third-order valence-corrected chi connectivity index (χ3v) is 2.17. The Balaban J connectivity index is 3.95. The summed E-state index contributed by atoms with van der Waals surface area (Å²) in [4.78, 5) is 1.33. The summed E-state index contributed by atoms with van der Waals surface area (Å²) in [5.74, 6) is 0. The molecule has 0 aromatic rings. The lowest BCUT2D eigenvalue weighted by molar-refractivity contribution is -0.945. The normalized spacial score (nSPS) is 14.8. The first-order valence-electron chi connectivity index (χ1n) is 4.63. The first-order chi connectivity index (χ1) is 5.49. The lowest BCUT2D eigenvalue weighted by atomic mass is 10.2. The first-order valence-corrected chi connectivity index (χ1v) is 4.63. The Morgan fingerprint density at radius 3 is 1.75 bits per heavy atom. The average molecular weight is 176 g/mol. The Hall–Kier alpha value is -0.120. The maximum Gasteiger partial charge on any atom is 0.126 e. The van der Waals surface area contributed by atoms with Crippen molar-refractivity contribution < 1.29 is 15.1 Å². The number of hydrogen-bond donors (Lipinski definition) is 3. The van der Waals surface area contributed by atoms with Crippen molar-refractivity contribution in [2.24, 2.45) is 0 Å². The van der Waals surface area contributed by atoms with Gasteiger partial charge in [-0.1, -0.05) is 0 Å². The summed E-state index contributed by atoms with van der Waals surface area (Å²) in [6.07, 6.45) is -0.579. The molecule has 0 fully saturated rings. The quantitative estimate of drug-likeness (QED) is 0.505. The van der Waals surface area contributed by atoms with Crippen LogP contribution in [0.4, 0.5) is 0 Å². The molecule has 0 aromatic carbocycles. The minimum atomic E-state index is -0.579. The highest BCUT2D eigenvalue weighted by molar-refractivity contribution is 4.51. The van der Waals surface area contributed by atoms with Gasteiger partial charge in [-0.05, 0) is 27.7 Å². The molecule has 0 aliphatic heterocycles. The zero-order chi connectivity index (χ0) is 9.72. The molecule has 0 saturated heterocycles. The van der Waals surface area contributed by atoms with Crippen LogP contribution >= 0.6 is 0 Å². The van der Waals surface area contributed by atoms with Gasteiger partial charge in [0.15, 0.2) is 0 Å². The Kier molecular flexibility index (Phi) is 5.46. The van der Waals surface area contributed by atoms with Gasteiger partial charge in [0.2, 0.25) is 0 Å². The van der Waals surface area contributed by atoms with Crippen molar-refractivity contribution >= 4 is 0 Å². The molecule has 0 radical (unpaired) electrons. The molecule has 3 N–H and O–H groups in total. The van der Waals surface area contributed by atoms with Crippen molar-refractivity contribution in [3.05, 3.63) is 0 Å². The third-order valence-electron chi connectivity index (χ3n) is 2.17. The fourth-order valence-electron chi connectivity index (χ4n) is 1.47. The average Bonchev–Trinajstić information content (AvgIpc) is 1.98. The van der Waals surface area contributed by atoms with Crippen LogP contribution in [0.2, 0.25) is 0 Å². The summed E-state index contributed by atoms with van der Waals surface area (Å²) in [6, 6.07) is 0.984. The van der Waals surface area contributed by atoms with E-state index >= 15 is 0 Å². The van der Waals surface area contributed by atoms with Gasteiger partial charge in [0.05, 0.1) is 18.7 Å². The number of aliphatic hydroxyl groups excluding tert-OH is 2. The molecule has 0 aliphatic rings. The molecule has 3 heteroatoms. The molecule has 0 heterocycles. The van der Waals surface area contributed by atoms with E-state index in [1.807, 2.05) is 0 Å². The van der Waals surface area contributed by atoms with Crippen LogP contribution in [0.25, 0.3) is 0 Å². The summed E-state index contributed by atoms with van der Waals surface area (Å²) in [5, 5.41) is 17.9. The van der Waals surface area contributed by atoms with Gasteiger partial charge in [-0.2, -0.15) is 0 Å². The zero-order valence-electron chi connectivity index (χ0n) is 8.54. The van der Waals surface area contributed by atoms with Crippen molar-refractivity contribution in [3.63, 3.8) is 0 Å². The Morgan fingerprint density at radius 1 is 1.08 bits per heavy atom. The minimum Gasteiger partial charge on any atom is -0.393 e. The lowest BCUT2D eigenvalue weighted by Gasteiger charge is -2.28. The van der Waals surface area contributed by atoms with E-state index in [1.54, 1.807) is 0 Å². The number of aliphatic hydroxyl groups is 2. The van der Waals surface area contributed by atoms with E-state index in [0.29, 0.717) is 18.6 Å². The molecule has 0 rings (SSSR count). The van der Waals surface area contributed by atoms with Crippen LogP contribution in [0.5, 0.6) is 0 Å². The lowest BCUT2D eigenvalue weighted by Crippen LogP contribution is -3.18. The van der Waals surface area contributed by atoms with E-state index in [9.17, 15) is 5.11 Å². The molecule has 0 aromatic heterocycles. The van der Waals surface area contributed by atoms with Crippen molar-refractivity contribution in [2.45, 2.75) is 45.9 Å². The summed E-state index contributed by atoms with van der Waals surface area (Å²) < 4.78 is 0. The van der Waals surface area contributed by atoms with Crippen LogP contribution in [-0.2, 0) is 0 Å². The predicted molar refractivity (Wildman–Crippen MR) is 49.2 cm³/mol.